The minimum Gasteiger partial charge on any atom is -0.505 e. The smallest absolute Gasteiger partial charge is 0.168 e. The summed E-state index contributed by atoms with van der Waals surface area (Å²) >= 11 is 0. The zero-order valence-electron chi connectivity index (χ0n) is 7.56. The van der Waals surface area contributed by atoms with Crippen LogP contribution in [0.25, 0.3) is 0 Å². The molecule has 0 aliphatic heterocycles. The maximum Gasteiger partial charge on any atom is 0.168 e. The molecule has 1 atom stereocenters. The average molecular weight is 199 g/mol. The number of hydrogen-bond donors (Lipinski definition) is 2. The molecule has 0 amide bonds. The van der Waals surface area contributed by atoms with Crippen LogP contribution in [0, 0.1) is 11.6 Å². The van der Waals surface area contributed by atoms with E-state index in [0.29, 0.717) is 24.5 Å². The molecule has 1 aromatic rings. The van der Waals surface area contributed by atoms with Gasteiger partial charge in [-0.05, 0) is 19.3 Å². The number of hydrogen-bond acceptors (Lipinski definition) is 2. The highest BCUT2D eigenvalue weighted by Gasteiger charge is 2.25. The van der Waals surface area contributed by atoms with E-state index in [1.54, 1.807) is 0 Å². The van der Waals surface area contributed by atoms with Crippen LogP contribution in [0.3, 0.4) is 0 Å². The van der Waals surface area contributed by atoms with Gasteiger partial charge < -0.3 is 10.8 Å². The first kappa shape index (κ1) is 9.40. The van der Waals surface area contributed by atoms with E-state index in [9.17, 15) is 13.9 Å². The highest BCUT2D eigenvalue weighted by Crippen LogP contribution is 2.36. The van der Waals surface area contributed by atoms with Crippen molar-refractivity contribution >= 4 is 0 Å². The maximum atomic E-state index is 13.3. The molecule has 1 aromatic carbocycles. The Balaban J connectivity index is 2.66. The van der Waals surface area contributed by atoms with Gasteiger partial charge >= 0.3 is 0 Å². The molecule has 0 spiro atoms. The standard InChI is InChI=1S/C10H11F2NO/c11-6-4-7(12)10(14)5-2-1-3-8(13)9(5)6/h4,8,14H,1-3,13H2/t8-/m1/s1. The largest absolute Gasteiger partial charge is 0.505 e. The Bertz CT molecular complexity index is 379. The van der Waals surface area contributed by atoms with Gasteiger partial charge in [-0.15, -0.1) is 0 Å². The summed E-state index contributed by atoms with van der Waals surface area (Å²) in [5.74, 6) is -2.01. The molecule has 76 valence electrons. The van der Waals surface area contributed by atoms with Crippen molar-refractivity contribution in [2.45, 2.75) is 25.3 Å². The fraction of sp³-hybridized carbons (Fsp3) is 0.400. The molecule has 1 aliphatic rings. The summed E-state index contributed by atoms with van der Waals surface area (Å²) in [5, 5.41) is 9.39. The number of phenolic OH excluding ortho intramolecular Hbond substituents is 1. The van der Waals surface area contributed by atoms with Crippen LogP contribution >= 0.6 is 0 Å². The summed E-state index contributed by atoms with van der Waals surface area (Å²) in [6.07, 6.45) is 1.92. The van der Waals surface area contributed by atoms with Crippen LogP contribution in [0.1, 0.15) is 30.0 Å². The van der Waals surface area contributed by atoms with E-state index in [1.165, 1.54) is 0 Å². The molecule has 0 unspecified atom stereocenters. The van der Waals surface area contributed by atoms with Crippen LogP contribution in [-0.2, 0) is 6.42 Å². The molecule has 2 rings (SSSR count). The number of rotatable bonds is 0. The lowest BCUT2D eigenvalue weighted by Gasteiger charge is -2.23. The molecule has 0 radical (unpaired) electrons. The molecule has 0 saturated heterocycles. The van der Waals surface area contributed by atoms with Crippen molar-refractivity contribution in [3.8, 4) is 5.75 Å². The van der Waals surface area contributed by atoms with E-state index in [4.69, 9.17) is 5.73 Å². The normalized spacial score (nSPS) is 20.6. The number of phenols is 1. The van der Waals surface area contributed by atoms with Gasteiger partial charge in [-0.2, -0.15) is 0 Å². The van der Waals surface area contributed by atoms with E-state index in [-0.39, 0.29) is 5.56 Å². The molecular formula is C10H11F2NO. The van der Waals surface area contributed by atoms with E-state index >= 15 is 0 Å². The fourth-order valence-corrected chi connectivity index (χ4v) is 1.97. The van der Waals surface area contributed by atoms with E-state index in [1.807, 2.05) is 0 Å². The lowest BCUT2D eigenvalue weighted by atomic mass is 9.87. The van der Waals surface area contributed by atoms with Crippen molar-refractivity contribution in [3.05, 3.63) is 28.8 Å². The second kappa shape index (κ2) is 3.20. The minimum atomic E-state index is -0.907. The van der Waals surface area contributed by atoms with Gasteiger partial charge in [0, 0.05) is 23.2 Å². The number of aromatic hydroxyl groups is 1. The Morgan fingerprint density at radius 1 is 1.36 bits per heavy atom. The fourth-order valence-electron chi connectivity index (χ4n) is 1.97. The topological polar surface area (TPSA) is 46.2 Å². The van der Waals surface area contributed by atoms with Gasteiger partial charge in [-0.3, -0.25) is 0 Å². The Hall–Kier alpha value is -1.16. The zero-order chi connectivity index (χ0) is 10.3. The lowest BCUT2D eigenvalue weighted by molar-refractivity contribution is 0.406. The van der Waals surface area contributed by atoms with Crippen LogP contribution in [0.4, 0.5) is 8.78 Å². The number of halogens is 2. The maximum absolute atomic E-state index is 13.3. The van der Waals surface area contributed by atoms with Gasteiger partial charge in [0.2, 0.25) is 0 Å². The van der Waals surface area contributed by atoms with Crippen LogP contribution in [0.2, 0.25) is 0 Å². The summed E-state index contributed by atoms with van der Waals surface area (Å²) in [6, 6.07) is 0.268. The molecule has 0 saturated carbocycles. The predicted octanol–water partition coefficient (Wildman–Crippen LogP) is 2.01. The van der Waals surface area contributed by atoms with Crippen molar-refractivity contribution in [1.82, 2.24) is 0 Å². The van der Waals surface area contributed by atoms with E-state index < -0.39 is 23.4 Å². The third kappa shape index (κ3) is 1.26. The Morgan fingerprint density at radius 3 is 2.79 bits per heavy atom. The van der Waals surface area contributed by atoms with Gasteiger partial charge in [-0.1, -0.05) is 0 Å². The van der Waals surface area contributed by atoms with Crippen molar-refractivity contribution in [2.24, 2.45) is 5.73 Å². The van der Waals surface area contributed by atoms with Crippen LogP contribution in [0.5, 0.6) is 5.75 Å². The average Bonchev–Trinajstić information content (AvgIpc) is 2.14. The van der Waals surface area contributed by atoms with E-state index in [0.717, 1.165) is 6.42 Å². The molecule has 0 bridgehead atoms. The first-order chi connectivity index (χ1) is 6.61. The van der Waals surface area contributed by atoms with Crippen LogP contribution in [-0.4, -0.2) is 5.11 Å². The number of nitrogens with two attached hydrogens (primary N) is 1. The van der Waals surface area contributed by atoms with Gasteiger partial charge in [0.05, 0.1) is 0 Å². The Labute approximate surface area is 80.4 Å². The Kier molecular flexibility index (Phi) is 2.15. The number of benzene rings is 1. The molecule has 0 aromatic heterocycles. The van der Waals surface area contributed by atoms with Crippen LogP contribution in [0.15, 0.2) is 6.07 Å². The lowest BCUT2D eigenvalue weighted by Crippen LogP contribution is -2.19. The zero-order valence-corrected chi connectivity index (χ0v) is 7.56. The third-order valence-corrected chi connectivity index (χ3v) is 2.66. The first-order valence-corrected chi connectivity index (χ1v) is 4.56. The van der Waals surface area contributed by atoms with E-state index in [2.05, 4.69) is 0 Å². The van der Waals surface area contributed by atoms with Crippen molar-refractivity contribution in [1.29, 1.82) is 0 Å². The summed E-state index contributed by atoms with van der Waals surface area (Å²) in [6.45, 7) is 0. The highest BCUT2D eigenvalue weighted by molar-refractivity contribution is 5.44. The van der Waals surface area contributed by atoms with Crippen molar-refractivity contribution in [3.63, 3.8) is 0 Å². The summed E-state index contributed by atoms with van der Waals surface area (Å²) in [5.41, 5.74) is 6.30. The molecule has 2 nitrogen and oxygen atoms in total. The van der Waals surface area contributed by atoms with Gasteiger partial charge in [0.15, 0.2) is 11.6 Å². The van der Waals surface area contributed by atoms with Crippen LogP contribution < -0.4 is 5.73 Å². The highest BCUT2D eigenvalue weighted by atomic mass is 19.1. The molecule has 4 heteroatoms. The van der Waals surface area contributed by atoms with Crippen molar-refractivity contribution < 1.29 is 13.9 Å². The summed E-state index contributed by atoms with van der Waals surface area (Å²) in [7, 11) is 0. The summed E-state index contributed by atoms with van der Waals surface area (Å²) in [4.78, 5) is 0. The molecule has 3 N–H and O–H groups in total. The van der Waals surface area contributed by atoms with Crippen molar-refractivity contribution in [2.75, 3.05) is 0 Å². The second-order valence-electron chi connectivity index (χ2n) is 3.58. The SMILES string of the molecule is N[C@@H]1CCCc2c(O)c(F)cc(F)c21. The molecule has 1 aliphatic carbocycles. The van der Waals surface area contributed by atoms with Gasteiger partial charge in [0.1, 0.15) is 5.82 Å². The minimum absolute atomic E-state index is 0.273. The summed E-state index contributed by atoms with van der Waals surface area (Å²) < 4.78 is 26.3. The third-order valence-electron chi connectivity index (χ3n) is 2.66. The van der Waals surface area contributed by atoms with Gasteiger partial charge in [-0.25, -0.2) is 8.78 Å². The number of fused-ring (bicyclic) bond motifs is 1. The molecule has 14 heavy (non-hydrogen) atoms. The molecular weight excluding hydrogens is 188 g/mol. The predicted molar refractivity (Wildman–Crippen MR) is 47.9 cm³/mol. The molecule has 0 heterocycles. The monoisotopic (exact) mass is 199 g/mol. The second-order valence-corrected chi connectivity index (χ2v) is 3.58. The molecule has 0 fully saturated rings. The first-order valence-electron chi connectivity index (χ1n) is 4.56. The van der Waals surface area contributed by atoms with Gasteiger partial charge in [0.25, 0.3) is 0 Å². The quantitative estimate of drug-likeness (QED) is 0.671. The Morgan fingerprint density at radius 2 is 2.07 bits per heavy atom.